The summed E-state index contributed by atoms with van der Waals surface area (Å²) in [5.74, 6) is 2.73. The van der Waals surface area contributed by atoms with Gasteiger partial charge in [0.05, 0.1) is 16.8 Å². The Kier molecular flexibility index (Phi) is 11.0. The van der Waals surface area contributed by atoms with Gasteiger partial charge in [0.15, 0.2) is 11.5 Å². The third-order valence-corrected chi connectivity index (χ3v) is 9.30. The van der Waals surface area contributed by atoms with Crippen molar-refractivity contribution in [1.29, 1.82) is 5.26 Å². The van der Waals surface area contributed by atoms with Crippen molar-refractivity contribution in [2.45, 2.75) is 46.2 Å². The fraction of sp³-hybridized carbons (Fsp3) is 0.368. The number of nitrogens with zero attached hydrogens (tertiary/aromatic N) is 4. The number of benzene rings is 3. The third-order valence-electron chi connectivity index (χ3n) is 9.01. The van der Waals surface area contributed by atoms with Crippen LogP contribution >= 0.6 is 11.6 Å². The molecule has 0 bridgehead atoms. The highest BCUT2D eigenvalue weighted by molar-refractivity contribution is 6.32. The van der Waals surface area contributed by atoms with Crippen molar-refractivity contribution in [3.63, 3.8) is 0 Å². The first-order valence-electron chi connectivity index (χ1n) is 16.5. The highest BCUT2D eigenvalue weighted by Gasteiger charge is 2.22. The van der Waals surface area contributed by atoms with E-state index in [1.807, 2.05) is 30.3 Å². The van der Waals surface area contributed by atoms with Crippen molar-refractivity contribution in [2.24, 2.45) is 0 Å². The molecule has 9 nitrogen and oxygen atoms in total. The minimum Gasteiger partial charge on any atom is -0.488 e. The molecular weight excluding hydrogens is 626 g/mol. The molecular formula is C38H42ClN5O4. The van der Waals surface area contributed by atoms with Crippen LogP contribution in [0.1, 0.15) is 41.2 Å². The van der Waals surface area contributed by atoms with Gasteiger partial charge in [-0.2, -0.15) is 5.26 Å². The normalized spacial score (nSPS) is 15.5. The third kappa shape index (κ3) is 8.03. The van der Waals surface area contributed by atoms with E-state index in [1.54, 1.807) is 18.5 Å². The van der Waals surface area contributed by atoms with Crippen LogP contribution in [0.4, 0.5) is 0 Å². The number of hydrogen-bond donors (Lipinski definition) is 1. The van der Waals surface area contributed by atoms with E-state index in [0.29, 0.717) is 48.5 Å². The molecule has 250 valence electrons. The minimum atomic E-state index is 0.238. The molecule has 2 aliphatic heterocycles. The average molecular weight is 668 g/mol. The molecule has 3 aromatic carbocycles. The number of nitriles is 1. The van der Waals surface area contributed by atoms with Gasteiger partial charge in [-0.05, 0) is 66.9 Å². The SMILES string of the molecule is CCC(NCc1cc(Cl)c(OCc2cccc(-c3ccc4c(c3)OCCO4)c2C)cc1OCc1cncc(C#N)c1)N1CCN(C)CC1. The second kappa shape index (κ2) is 15.7. The van der Waals surface area contributed by atoms with E-state index in [1.165, 1.54) is 0 Å². The number of fused-ring (bicyclic) bond motifs is 1. The monoisotopic (exact) mass is 667 g/mol. The van der Waals surface area contributed by atoms with Crippen LogP contribution in [-0.4, -0.2) is 67.4 Å². The summed E-state index contributed by atoms with van der Waals surface area (Å²) in [5, 5.41) is 13.6. The number of likely N-dealkylation sites (N-methyl/N-ethyl adjacent to an activating group) is 1. The second-order valence-electron chi connectivity index (χ2n) is 12.3. The summed E-state index contributed by atoms with van der Waals surface area (Å²) in [5.41, 5.74) is 6.54. The van der Waals surface area contributed by atoms with Crippen molar-refractivity contribution in [3.8, 4) is 40.2 Å². The number of piperazine rings is 1. The summed E-state index contributed by atoms with van der Waals surface area (Å²) in [4.78, 5) is 9.05. The number of ether oxygens (including phenoxy) is 4. The maximum atomic E-state index is 9.34. The number of nitrogens with one attached hydrogen (secondary N) is 1. The van der Waals surface area contributed by atoms with Crippen LogP contribution in [0.25, 0.3) is 11.1 Å². The molecule has 1 fully saturated rings. The number of pyridine rings is 1. The zero-order valence-electron chi connectivity index (χ0n) is 27.8. The predicted molar refractivity (Wildman–Crippen MR) is 187 cm³/mol. The lowest BCUT2D eigenvalue weighted by atomic mass is 9.96. The lowest BCUT2D eigenvalue weighted by molar-refractivity contribution is 0.0906. The first kappa shape index (κ1) is 33.6. The molecule has 0 radical (unpaired) electrons. The lowest BCUT2D eigenvalue weighted by Gasteiger charge is -2.38. The zero-order valence-corrected chi connectivity index (χ0v) is 28.6. The smallest absolute Gasteiger partial charge is 0.161 e. The quantitative estimate of drug-likeness (QED) is 0.180. The van der Waals surface area contributed by atoms with Gasteiger partial charge in [0.1, 0.15) is 44.0 Å². The van der Waals surface area contributed by atoms with Crippen molar-refractivity contribution in [1.82, 2.24) is 20.1 Å². The maximum absolute atomic E-state index is 9.34. The van der Waals surface area contributed by atoms with E-state index >= 15 is 0 Å². The Balaban J connectivity index is 1.21. The maximum Gasteiger partial charge on any atom is 0.161 e. The fourth-order valence-corrected chi connectivity index (χ4v) is 6.40. The van der Waals surface area contributed by atoms with E-state index < -0.39 is 0 Å². The summed E-state index contributed by atoms with van der Waals surface area (Å²) >= 11 is 6.88. The molecule has 4 aromatic rings. The molecule has 2 aliphatic rings. The van der Waals surface area contributed by atoms with E-state index in [0.717, 1.165) is 77.5 Å². The van der Waals surface area contributed by atoms with Crippen LogP contribution in [0.3, 0.4) is 0 Å². The Morgan fingerprint density at radius 1 is 0.938 bits per heavy atom. The Labute approximate surface area is 288 Å². The lowest BCUT2D eigenvalue weighted by Crippen LogP contribution is -2.53. The standard InChI is InChI=1S/C38H42ClN5O4/c1-4-38(44-12-10-43(3)11-13-44)42-23-31-17-33(39)36(19-35(31)47-24-28-16-27(20-40)21-41-22-28)48-25-30-6-5-7-32(26(30)2)29-8-9-34-37(18-29)46-15-14-45-34/h5-9,16-19,21-22,38,42H,4,10-15,23-25H2,1-3H3. The Morgan fingerprint density at radius 2 is 1.73 bits per heavy atom. The molecule has 0 saturated carbocycles. The summed E-state index contributed by atoms with van der Waals surface area (Å²) in [6.07, 6.45) is 4.47. The average Bonchev–Trinajstić information content (AvgIpc) is 3.12. The van der Waals surface area contributed by atoms with Crippen LogP contribution in [0.2, 0.25) is 5.02 Å². The number of hydrogen-bond acceptors (Lipinski definition) is 9. The van der Waals surface area contributed by atoms with E-state index in [9.17, 15) is 5.26 Å². The summed E-state index contributed by atoms with van der Waals surface area (Å²) in [6, 6.07) is 20.0. The van der Waals surface area contributed by atoms with Crippen LogP contribution in [0.5, 0.6) is 23.0 Å². The van der Waals surface area contributed by atoms with Gasteiger partial charge in [-0.25, -0.2) is 0 Å². The highest BCUT2D eigenvalue weighted by atomic mass is 35.5. The second-order valence-corrected chi connectivity index (χ2v) is 12.7. The first-order valence-corrected chi connectivity index (χ1v) is 16.9. The van der Waals surface area contributed by atoms with E-state index in [4.69, 9.17) is 30.5 Å². The number of aromatic nitrogens is 1. The van der Waals surface area contributed by atoms with Gasteiger partial charge < -0.3 is 23.8 Å². The molecule has 3 heterocycles. The summed E-state index contributed by atoms with van der Waals surface area (Å²) in [6.45, 7) is 10.7. The van der Waals surface area contributed by atoms with Crippen molar-refractivity contribution < 1.29 is 18.9 Å². The Bertz CT molecular complexity index is 1770. The molecule has 1 N–H and O–H groups in total. The topological polar surface area (TPSA) is 92.1 Å². The van der Waals surface area contributed by atoms with Crippen molar-refractivity contribution >= 4 is 11.6 Å². The van der Waals surface area contributed by atoms with Crippen LogP contribution in [-0.2, 0) is 19.8 Å². The van der Waals surface area contributed by atoms with Gasteiger partial charge in [0, 0.05) is 62.3 Å². The van der Waals surface area contributed by atoms with Gasteiger partial charge >= 0.3 is 0 Å². The molecule has 1 saturated heterocycles. The van der Waals surface area contributed by atoms with Gasteiger partial charge in [0.25, 0.3) is 0 Å². The molecule has 0 aliphatic carbocycles. The Morgan fingerprint density at radius 3 is 2.52 bits per heavy atom. The van der Waals surface area contributed by atoms with Gasteiger partial charge in [-0.3, -0.25) is 15.2 Å². The van der Waals surface area contributed by atoms with E-state index in [2.05, 4.69) is 65.3 Å². The number of rotatable bonds is 12. The molecule has 1 aromatic heterocycles. The zero-order chi connectivity index (χ0) is 33.5. The molecule has 1 unspecified atom stereocenters. The van der Waals surface area contributed by atoms with Crippen LogP contribution in [0.15, 0.2) is 67.0 Å². The largest absolute Gasteiger partial charge is 0.488 e. The van der Waals surface area contributed by atoms with Crippen LogP contribution in [0, 0.1) is 18.3 Å². The van der Waals surface area contributed by atoms with Crippen LogP contribution < -0.4 is 24.3 Å². The molecule has 48 heavy (non-hydrogen) atoms. The molecule has 0 amide bonds. The van der Waals surface area contributed by atoms with Gasteiger partial charge in [-0.15, -0.1) is 0 Å². The Hall–Kier alpha value is -4.33. The highest BCUT2D eigenvalue weighted by Crippen LogP contribution is 2.37. The summed E-state index contributed by atoms with van der Waals surface area (Å²) in [7, 11) is 2.17. The fourth-order valence-electron chi connectivity index (χ4n) is 6.16. The molecule has 10 heteroatoms. The molecule has 0 spiro atoms. The molecule has 6 rings (SSSR count). The summed E-state index contributed by atoms with van der Waals surface area (Å²) < 4.78 is 24.3. The van der Waals surface area contributed by atoms with Crippen molar-refractivity contribution in [3.05, 3.63) is 99.8 Å². The minimum absolute atomic E-state index is 0.238. The van der Waals surface area contributed by atoms with E-state index in [-0.39, 0.29) is 12.8 Å². The van der Waals surface area contributed by atoms with Crippen molar-refractivity contribution in [2.75, 3.05) is 46.4 Å². The predicted octanol–water partition coefficient (Wildman–Crippen LogP) is 6.58. The first-order chi connectivity index (χ1) is 23.4. The van der Waals surface area contributed by atoms with Gasteiger partial charge in [-0.1, -0.05) is 42.8 Å². The number of halogens is 1. The molecule has 1 atom stereocenters. The van der Waals surface area contributed by atoms with Gasteiger partial charge in [0.2, 0.25) is 0 Å².